The number of amides is 1. The summed E-state index contributed by atoms with van der Waals surface area (Å²) in [4.78, 5) is 13.8. The molecule has 1 aliphatic rings. The van der Waals surface area contributed by atoms with Crippen LogP contribution in [-0.2, 0) is 11.3 Å². The molecule has 0 aliphatic carbocycles. The van der Waals surface area contributed by atoms with Crippen LogP contribution < -0.4 is 5.73 Å². The zero-order valence-corrected chi connectivity index (χ0v) is 10.7. The molecule has 0 aromatic heterocycles. The van der Waals surface area contributed by atoms with Gasteiger partial charge >= 0.3 is 0 Å². The quantitative estimate of drug-likeness (QED) is 0.877. The summed E-state index contributed by atoms with van der Waals surface area (Å²) < 4.78 is 0. The fraction of sp³-hybridized carbons (Fsp3) is 0.462. The molecule has 3 nitrogen and oxygen atoms in total. The molecule has 17 heavy (non-hydrogen) atoms. The third-order valence-electron chi connectivity index (χ3n) is 3.04. The number of benzene rings is 1. The number of rotatable bonds is 2. The van der Waals surface area contributed by atoms with E-state index in [0.717, 1.165) is 25.8 Å². The van der Waals surface area contributed by atoms with Crippen LogP contribution in [0.5, 0.6) is 0 Å². The maximum Gasteiger partial charge on any atom is 0.239 e. The Morgan fingerprint density at radius 2 is 1.94 bits per heavy atom. The van der Waals surface area contributed by atoms with E-state index in [1.165, 1.54) is 5.56 Å². The van der Waals surface area contributed by atoms with Gasteiger partial charge in [-0.15, -0.1) is 12.4 Å². The summed E-state index contributed by atoms with van der Waals surface area (Å²) in [6, 6.07) is 9.77. The molecular formula is C13H19ClN2O. The number of likely N-dealkylation sites (tertiary alicyclic amines) is 1. The molecule has 0 radical (unpaired) electrons. The maximum atomic E-state index is 12.0. The van der Waals surface area contributed by atoms with Gasteiger partial charge in [0.05, 0.1) is 6.04 Å². The number of hydrogen-bond donors (Lipinski definition) is 1. The van der Waals surface area contributed by atoms with Crippen LogP contribution >= 0.6 is 12.4 Å². The van der Waals surface area contributed by atoms with Gasteiger partial charge in [-0.3, -0.25) is 4.79 Å². The van der Waals surface area contributed by atoms with Crippen molar-refractivity contribution in [2.24, 2.45) is 5.73 Å². The second-order valence-corrected chi connectivity index (χ2v) is 4.35. The van der Waals surface area contributed by atoms with Crippen LogP contribution in [-0.4, -0.2) is 23.4 Å². The molecule has 1 fully saturated rings. The lowest BCUT2D eigenvalue weighted by Gasteiger charge is -2.22. The molecule has 1 unspecified atom stereocenters. The predicted molar refractivity (Wildman–Crippen MR) is 70.9 cm³/mol. The Hall–Kier alpha value is -1.06. The largest absolute Gasteiger partial charge is 0.337 e. The number of nitrogens with two attached hydrogens (primary N) is 1. The fourth-order valence-corrected chi connectivity index (χ4v) is 2.10. The Balaban J connectivity index is 0.00000144. The smallest absolute Gasteiger partial charge is 0.239 e. The van der Waals surface area contributed by atoms with E-state index >= 15 is 0 Å². The topological polar surface area (TPSA) is 46.3 Å². The number of halogens is 1. The first-order chi connectivity index (χ1) is 7.77. The molecule has 1 saturated heterocycles. The number of nitrogens with zero attached hydrogens (tertiary/aromatic N) is 1. The molecule has 94 valence electrons. The lowest BCUT2D eigenvalue weighted by atomic mass is 10.1. The summed E-state index contributed by atoms with van der Waals surface area (Å²) in [6.45, 7) is 1.52. The van der Waals surface area contributed by atoms with Crippen LogP contribution in [0, 0.1) is 0 Å². The molecule has 4 heteroatoms. The highest BCUT2D eigenvalue weighted by molar-refractivity contribution is 5.85. The maximum absolute atomic E-state index is 12.0. The average Bonchev–Trinajstić information content (AvgIpc) is 2.46. The van der Waals surface area contributed by atoms with Crippen molar-refractivity contribution in [3.8, 4) is 0 Å². The van der Waals surface area contributed by atoms with Crippen LogP contribution in [0.4, 0.5) is 0 Å². The highest BCUT2D eigenvalue weighted by Gasteiger charge is 2.23. The average molecular weight is 255 g/mol. The zero-order valence-electron chi connectivity index (χ0n) is 9.84. The molecule has 1 heterocycles. The molecule has 2 N–H and O–H groups in total. The minimum Gasteiger partial charge on any atom is -0.337 e. The van der Waals surface area contributed by atoms with Crippen molar-refractivity contribution >= 4 is 18.3 Å². The summed E-state index contributed by atoms with van der Waals surface area (Å²) in [5.41, 5.74) is 7.00. The fourth-order valence-electron chi connectivity index (χ4n) is 2.10. The van der Waals surface area contributed by atoms with Gasteiger partial charge in [-0.05, 0) is 24.8 Å². The van der Waals surface area contributed by atoms with E-state index in [0.29, 0.717) is 6.54 Å². The van der Waals surface area contributed by atoms with Gasteiger partial charge in [0, 0.05) is 13.1 Å². The lowest BCUT2D eigenvalue weighted by Crippen LogP contribution is -2.41. The number of carbonyl (C=O) groups is 1. The Kier molecular flexibility index (Phi) is 5.45. The minimum absolute atomic E-state index is 0. The number of carbonyl (C=O) groups excluding carboxylic acids is 1. The van der Waals surface area contributed by atoms with Crippen LogP contribution in [0.25, 0.3) is 0 Å². The second kappa shape index (κ2) is 6.62. The standard InChI is InChI=1S/C13H18N2O.ClH/c14-12-8-4-5-9-15(13(12)16)10-11-6-2-1-3-7-11;/h1-3,6-7,12H,4-5,8-10,14H2;1H. The van der Waals surface area contributed by atoms with Crippen molar-refractivity contribution in [1.82, 2.24) is 4.90 Å². The van der Waals surface area contributed by atoms with E-state index in [1.54, 1.807) is 0 Å². The monoisotopic (exact) mass is 254 g/mol. The first-order valence-corrected chi connectivity index (χ1v) is 5.85. The van der Waals surface area contributed by atoms with Gasteiger partial charge in [-0.2, -0.15) is 0 Å². The van der Waals surface area contributed by atoms with Gasteiger partial charge in [-0.25, -0.2) is 0 Å². The molecule has 0 bridgehead atoms. The second-order valence-electron chi connectivity index (χ2n) is 4.35. The molecule has 2 rings (SSSR count). The van der Waals surface area contributed by atoms with E-state index < -0.39 is 0 Å². The summed E-state index contributed by atoms with van der Waals surface area (Å²) in [5, 5.41) is 0. The van der Waals surface area contributed by atoms with Crippen molar-refractivity contribution in [3.05, 3.63) is 35.9 Å². The van der Waals surface area contributed by atoms with E-state index in [-0.39, 0.29) is 24.4 Å². The van der Waals surface area contributed by atoms with E-state index in [2.05, 4.69) is 0 Å². The van der Waals surface area contributed by atoms with Crippen LogP contribution in [0.3, 0.4) is 0 Å². The van der Waals surface area contributed by atoms with Crippen LogP contribution in [0.15, 0.2) is 30.3 Å². The van der Waals surface area contributed by atoms with Crippen molar-refractivity contribution in [3.63, 3.8) is 0 Å². The van der Waals surface area contributed by atoms with Crippen molar-refractivity contribution in [2.45, 2.75) is 31.8 Å². The predicted octanol–water partition coefficient (Wildman–Crippen LogP) is 1.95. The highest BCUT2D eigenvalue weighted by Crippen LogP contribution is 2.13. The first kappa shape index (κ1) is 14.0. The molecule has 1 atom stereocenters. The number of hydrogen-bond acceptors (Lipinski definition) is 2. The van der Waals surface area contributed by atoms with Gasteiger partial charge in [0.2, 0.25) is 5.91 Å². The Bertz CT molecular complexity index is 356. The molecule has 1 aromatic carbocycles. The van der Waals surface area contributed by atoms with Crippen LogP contribution in [0.2, 0.25) is 0 Å². The summed E-state index contributed by atoms with van der Waals surface area (Å²) in [7, 11) is 0. The van der Waals surface area contributed by atoms with Gasteiger partial charge in [0.15, 0.2) is 0 Å². The molecule has 1 aliphatic heterocycles. The molecular weight excluding hydrogens is 236 g/mol. The Labute approximate surface area is 108 Å². The Morgan fingerprint density at radius 1 is 1.24 bits per heavy atom. The van der Waals surface area contributed by atoms with E-state index in [4.69, 9.17) is 5.73 Å². The van der Waals surface area contributed by atoms with Gasteiger partial charge < -0.3 is 10.6 Å². The third kappa shape index (κ3) is 3.72. The van der Waals surface area contributed by atoms with Crippen molar-refractivity contribution < 1.29 is 4.79 Å². The molecule has 1 aromatic rings. The van der Waals surface area contributed by atoms with E-state index in [1.807, 2.05) is 35.2 Å². The molecule has 0 saturated carbocycles. The van der Waals surface area contributed by atoms with Crippen molar-refractivity contribution in [1.29, 1.82) is 0 Å². The Morgan fingerprint density at radius 3 is 2.65 bits per heavy atom. The van der Waals surface area contributed by atoms with Gasteiger partial charge in [-0.1, -0.05) is 30.3 Å². The van der Waals surface area contributed by atoms with E-state index in [9.17, 15) is 4.79 Å². The van der Waals surface area contributed by atoms with Gasteiger partial charge in [0.1, 0.15) is 0 Å². The third-order valence-corrected chi connectivity index (χ3v) is 3.04. The summed E-state index contributed by atoms with van der Waals surface area (Å²) in [6.07, 6.45) is 2.94. The van der Waals surface area contributed by atoms with Crippen molar-refractivity contribution in [2.75, 3.05) is 6.54 Å². The molecule has 1 amide bonds. The summed E-state index contributed by atoms with van der Waals surface area (Å²) >= 11 is 0. The zero-order chi connectivity index (χ0) is 11.4. The normalized spacial score (nSPS) is 20.6. The first-order valence-electron chi connectivity index (χ1n) is 5.85. The van der Waals surface area contributed by atoms with Crippen LogP contribution in [0.1, 0.15) is 24.8 Å². The summed E-state index contributed by atoms with van der Waals surface area (Å²) in [5.74, 6) is 0.0985. The molecule has 0 spiro atoms. The van der Waals surface area contributed by atoms with Gasteiger partial charge in [0.25, 0.3) is 0 Å². The lowest BCUT2D eigenvalue weighted by molar-refractivity contribution is -0.132. The SMILES string of the molecule is Cl.NC1CCCCN(Cc2ccccc2)C1=O. The minimum atomic E-state index is -0.300. The highest BCUT2D eigenvalue weighted by atomic mass is 35.5.